The maximum atomic E-state index is 10.4. The van der Waals surface area contributed by atoms with Gasteiger partial charge in [-0.05, 0) is 5.56 Å². The molecule has 0 amide bonds. The highest BCUT2D eigenvalue weighted by atomic mass is 16.5. The maximum Gasteiger partial charge on any atom is 0.239 e. The van der Waals surface area contributed by atoms with Crippen LogP contribution in [0.25, 0.3) is 0 Å². The summed E-state index contributed by atoms with van der Waals surface area (Å²) in [5.41, 5.74) is 1.32. The molecular weight excluding hydrogens is 256 g/mol. The van der Waals surface area contributed by atoms with Gasteiger partial charge in [0.05, 0.1) is 7.11 Å². The first-order chi connectivity index (χ1) is 9.54. The monoisotopic (exact) mass is 274 g/mol. The Hall–Kier alpha value is -2.14. The van der Waals surface area contributed by atoms with Gasteiger partial charge in [-0.25, -0.2) is 9.97 Å². The van der Waals surface area contributed by atoms with E-state index in [1.807, 2.05) is 32.0 Å². The molecule has 0 spiro atoms. The molecule has 5 nitrogen and oxygen atoms in total. The molecule has 0 bridgehead atoms. The zero-order valence-electron chi connectivity index (χ0n) is 11.7. The van der Waals surface area contributed by atoms with Gasteiger partial charge in [-0.15, -0.1) is 0 Å². The van der Waals surface area contributed by atoms with E-state index >= 15 is 0 Å². The molecule has 1 aromatic carbocycles. The Morgan fingerprint density at radius 2 is 1.70 bits per heavy atom. The Bertz CT molecular complexity index is 585. The maximum absolute atomic E-state index is 10.4. The van der Waals surface area contributed by atoms with Gasteiger partial charge in [0, 0.05) is 5.92 Å². The number of methoxy groups -OCH3 is 1. The van der Waals surface area contributed by atoms with E-state index in [1.54, 1.807) is 12.1 Å². The van der Waals surface area contributed by atoms with Crippen LogP contribution in [-0.4, -0.2) is 27.3 Å². The Balaban J connectivity index is 2.49. The average molecular weight is 274 g/mol. The van der Waals surface area contributed by atoms with Gasteiger partial charge in [0.15, 0.2) is 0 Å². The molecule has 0 saturated carbocycles. The summed E-state index contributed by atoms with van der Waals surface area (Å²) in [4.78, 5) is 8.30. The number of aliphatic hydroxyl groups excluding tert-OH is 1. The standard InChI is InChI=1S/C15H18N2O3/c1-9(2)11-14(19)16-12(15(17-11)20-3)13(18)10-7-5-4-6-8-10/h4-9,13,18H,1-3H3,(H,16,19)/t13-/m1/s1. The van der Waals surface area contributed by atoms with E-state index in [4.69, 9.17) is 4.74 Å². The largest absolute Gasteiger partial charge is 0.492 e. The number of aromatic hydroxyl groups is 1. The molecule has 0 unspecified atom stereocenters. The third kappa shape index (κ3) is 2.72. The predicted octanol–water partition coefficient (Wildman–Crippen LogP) is 2.40. The molecular formula is C15H18N2O3. The fourth-order valence-corrected chi connectivity index (χ4v) is 1.94. The Morgan fingerprint density at radius 3 is 2.25 bits per heavy atom. The van der Waals surface area contributed by atoms with Crippen LogP contribution in [0.2, 0.25) is 0 Å². The van der Waals surface area contributed by atoms with Crippen LogP contribution in [-0.2, 0) is 0 Å². The molecule has 20 heavy (non-hydrogen) atoms. The zero-order chi connectivity index (χ0) is 14.7. The number of aliphatic hydroxyl groups is 1. The molecule has 0 aliphatic carbocycles. The SMILES string of the molecule is COc1nc(C(C)C)c(O)nc1[C@H](O)c1ccccc1. The van der Waals surface area contributed by atoms with Crippen LogP contribution in [0.1, 0.15) is 42.8 Å². The lowest BCUT2D eigenvalue weighted by atomic mass is 10.1. The van der Waals surface area contributed by atoms with Gasteiger partial charge < -0.3 is 14.9 Å². The number of nitrogens with zero attached hydrogens (tertiary/aromatic N) is 2. The van der Waals surface area contributed by atoms with E-state index in [0.29, 0.717) is 11.3 Å². The third-order valence-electron chi connectivity index (χ3n) is 3.01. The van der Waals surface area contributed by atoms with Crippen LogP contribution < -0.4 is 4.74 Å². The minimum absolute atomic E-state index is 0.0133. The van der Waals surface area contributed by atoms with Crippen molar-refractivity contribution in [3.63, 3.8) is 0 Å². The first-order valence-electron chi connectivity index (χ1n) is 6.42. The zero-order valence-corrected chi connectivity index (χ0v) is 11.7. The second-order valence-corrected chi connectivity index (χ2v) is 4.79. The highest BCUT2D eigenvalue weighted by Gasteiger charge is 2.22. The van der Waals surface area contributed by atoms with Crippen molar-refractivity contribution in [1.82, 2.24) is 9.97 Å². The molecule has 2 aromatic rings. The Kier molecular flexibility index (Phi) is 4.20. The van der Waals surface area contributed by atoms with Crippen molar-refractivity contribution in [3.05, 3.63) is 47.3 Å². The topological polar surface area (TPSA) is 75.5 Å². The van der Waals surface area contributed by atoms with E-state index in [1.165, 1.54) is 7.11 Å². The molecule has 1 heterocycles. The van der Waals surface area contributed by atoms with Gasteiger partial charge in [0.2, 0.25) is 11.8 Å². The summed E-state index contributed by atoms with van der Waals surface area (Å²) in [6, 6.07) is 9.05. The normalized spacial score (nSPS) is 12.4. The molecule has 0 aliphatic rings. The van der Waals surface area contributed by atoms with Gasteiger partial charge in [-0.1, -0.05) is 44.2 Å². The van der Waals surface area contributed by atoms with Crippen LogP contribution in [0.15, 0.2) is 30.3 Å². The lowest BCUT2D eigenvalue weighted by molar-refractivity contribution is 0.205. The Labute approximate surface area is 117 Å². The molecule has 2 rings (SSSR count). The fraction of sp³-hybridized carbons (Fsp3) is 0.333. The summed E-state index contributed by atoms with van der Waals surface area (Å²) >= 11 is 0. The Morgan fingerprint density at radius 1 is 1.05 bits per heavy atom. The fourth-order valence-electron chi connectivity index (χ4n) is 1.94. The van der Waals surface area contributed by atoms with Gasteiger partial charge in [0.1, 0.15) is 17.5 Å². The summed E-state index contributed by atoms with van der Waals surface area (Å²) in [7, 11) is 1.46. The van der Waals surface area contributed by atoms with Gasteiger partial charge >= 0.3 is 0 Å². The van der Waals surface area contributed by atoms with E-state index in [-0.39, 0.29) is 23.4 Å². The van der Waals surface area contributed by atoms with Crippen molar-refractivity contribution < 1.29 is 14.9 Å². The van der Waals surface area contributed by atoms with E-state index < -0.39 is 6.10 Å². The number of aromatic nitrogens is 2. The molecule has 106 valence electrons. The number of ether oxygens (including phenoxy) is 1. The van der Waals surface area contributed by atoms with Crippen molar-refractivity contribution in [2.75, 3.05) is 7.11 Å². The van der Waals surface area contributed by atoms with Crippen LogP contribution in [0.4, 0.5) is 0 Å². The lowest BCUT2D eigenvalue weighted by Crippen LogP contribution is -2.09. The van der Waals surface area contributed by atoms with Crippen LogP contribution in [0.3, 0.4) is 0 Å². The van der Waals surface area contributed by atoms with Crippen molar-refractivity contribution >= 4 is 0 Å². The van der Waals surface area contributed by atoms with Crippen molar-refractivity contribution in [3.8, 4) is 11.8 Å². The average Bonchev–Trinajstić information content (AvgIpc) is 2.46. The summed E-state index contributed by atoms with van der Waals surface area (Å²) in [5.74, 6) is 0.0629. The van der Waals surface area contributed by atoms with Crippen LogP contribution in [0.5, 0.6) is 11.8 Å². The molecule has 1 aromatic heterocycles. The summed E-state index contributed by atoms with van der Waals surface area (Å²) < 4.78 is 5.19. The van der Waals surface area contributed by atoms with Crippen molar-refractivity contribution in [2.24, 2.45) is 0 Å². The highest BCUT2D eigenvalue weighted by Crippen LogP contribution is 2.32. The molecule has 0 fully saturated rings. The summed E-state index contributed by atoms with van der Waals surface area (Å²) in [6.45, 7) is 3.80. The second kappa shape index (κ2) is 5.88. The number of rotatable bonds is 4. The number of hydrogen-bond acceptors (Lipinski definition) is 5. The summed E-state index contributed by atoms with van der Waals surface area (Å²) in [5, 5.41) is 20.3. The van der Waals surface area contributed by atoms with Crippen LogP contribution in [0, 0.1) is 0 Å². The smallest absolute Gasteiger partial charge is 0.239 e. The quantitative estimate of drug-likeness (QED) is 0.895. The first-order valence-corrected chi connectivity index (χ1v) is 6.42. The minimum atomic E-state index is -0.995. The molecule has 5 heteroatoms. The third-order valence-corrected chi connectivity index (χ3v) is 3.01. The first kappa shape index (κ1) is 14.3. The van der Waals surface area contributed by atoms with E-state index in [2.05, 4.69) is 9.97 Å². The van der Waals surface area contributed by atoms with Gasteiger partial charge in [-0.2, -0.15) is 0 Å². The number of benzene rings is 1. The lowest BCUT2D eigenvalue weighted by Gasteiger charge is -2.16. The van der Waals surface area contributed by atoms with Gasteiger partial charge in [0.25, 0.3) is 0 Å². The molecule has 0 aliphatic heterocycles. The van der Waals surface area contributed by atoms with Crippen molar-refractivity contribution in [1.29, 1.82) is 0 Å². The molecule has 2 N–H and O–H groups in total. The minimum Gasteiger partial charge on any atom is -0.492 e. The van der Waals surface area contributed by atoms with E-state index in [9.17, 15) is 10.2 Å². The van der Waals surface area contributed by atoms with Gasteiger partial charge in [-0.3, -0.25) is 0 Å². The highest BCUT2D eigenvalue weighted by molar-refractivity contribution is 5.35. The predicted molar refractivity (Wildman–Crippen MR) is 74.8 cm³/mol. The molecule has 0 saturated heterocycles. The second-order valence-electron chi connectivity index (χ2n) is 4.79. The van der Waals surface area contributed by atoms with E-state index in [0.717, 1.165) is 0 Å². The van der Waals surface area contributed by atoms with Crippen LogP contribution >= 0.6 is 0 Å². The molecule has 1 atom stereocenters. The molecule has 0 radical (unpaired) electrons. The van der Waals surface area contributed by atoms with Crippen molar-refractivity contribution in [2.45, 2.75) is 25.9 Å². The summed E-state index contributed by atoms with van der Waals surface area (Å²) in [6.07, 6.45) is -0.995. The number of hydrogen-bond donors (Lipinski definition) is 2.